The van der Waals surface area contributed by atoms with Gasteiger partial charge in [0.05, 0.1) is 5.92 Å². The molecule has 0 bridgehead atoms. The number of hydrogen-bond donors (Lipinski definition) is 1. The van der Waals surface area contributed by atoms with E-state index in [9.17, 15) is 9.59 Å². The van der Waals surface area contributed by atoms with E-state index in [0.717, 1.165) is 38.4 Å². The normalized spacial score (nSPS) is 12.4. The second kappa shape index (κ2) is 7.77. The molecule has 0 rings (SSSR count). The van der Waals surface area contributed by atoms with E-state index in [1.54, 1.807) is 6.92 Å². The molecular formula is C10H18O3. The van der Waals surface area contributed by atoms with Crippen LogP contribution in [0, 0.1) is 5.92 Å². The fraction of sp³-hybridized carbons (Fsp3) is 0.800. The molecule has 0 saturated carbocycles. The highest BCUT2D eigenvalue weighted by Gasteiger charge is 2.09. The minimum Gasteiger partial charge on any atom is -0.481 e. The molecule has 3 heteroatoms. The number of unbranched alkanes of at least 4 members (excludes halogenated alkanes) is 4. The van der Waals surface area contributed by atoms with Gasteiger partial charge in [-0.15, -0.1) is 0 Å². The second-order valence-corrected chi connectivity index (χ2v) is 3.40. The quantitative estimate of drug-likeness (QED) is 0.467. The molecule has 0 radical (unpaired) electrons. The lowest BCUT2D eigenvalue weighted by molar-refractivity contribution is -0.141. The fourth-order valence-corrected chi connectivity index (χ4v) is 1.16. The Bertz CT molecular complexity index is 154. The number of aliphatic carboxylic acids is 1. The average molecular weight is 186 g/mol. The van der Waals surface area contributed by atoms with Crippen molar-refractivity contribution in [2.24, 2.45) is 5.92 Å². The second-order valence-electron chi connectivity index (χ2n) is 3.40. The summed E-state index contributed by atoms with van der Waals surface area (Å²) >= 11 is 0. The zero-order valence-corrected chi connectivity index (χ0v) is 8.16. The molecule has 0 saturated heterocycles. The van der Waals surface area contributed by atoms with Crippen molar-refractivity contribution in [2.75, 3.05) is 0 Å². The van der Waals surface area contributed by atoms with E-state index >= 15 is 0 Å². The lowest BCUT2D eigenvalue weighted by Crippen LogP contribution is -2.08. The highest BCUT2D eigenvalue weighted by Crippen LogP contribution is 2.10. The summed E-state index contributed by atoms with van der Waals surface area (Å²) in [6, 6.07) is 0. The van der Waals surface area contributed by atoms with Crippen LogP contribution in [0.5, 0.6) is 0 Å². The maximum absolute atomic E-state index is 10.4. The standard InChI is InChI=1S/C10H18O3/c1-9(10(12)13)7-5-3-2-4-6-8-11/h8-9H,2-7H2,1H3,(H,12,13). The largest absolute Gasteiger partial charge is 0.481 e. The summed E-state index contributed by atoms with van der Waals surface area (Å²) in [5.74, 6) is -0.945. The van der Waals surface area contributed by atoms with E-state index in [0.29, 0.717) is 6.42 Å². The van der Waals surface area contributed by atoms with Gasteiger partial charge in [0.15, 0.2) is 0 Å². The molecule has 0 aliphatic rings. The van der Waals surface area contributed by atoms with Gasteiger partial charge in [-0.2, -0.15) is 0 Å². The first-order chi connectivity index (χ1) is 6.18. The molecule has 0 aliphatic heterocycles. The van der Waals surface area contributed by atoms with E-state index in [4.69, 9.17) is 5.11 Å². The first-order valence-corrected chi connectivity index (χ1v) is 4.85. The van der Waals surface area contributed by atoms with Crippen molar-refractivity contribution in [3.8, 4) is 0 Å². The molecule has 1 N–H and O–H groups in total. The third kappa shape index (κ3) is 7.50. The Balaban J connectivity index is 3.15. The molecule has 76 valence electrons. The third-order valence-corrected chi connectivity index (χ3v) is 2.13. The highest BCUT2D eigenvalue weighted by atomic mass is 16.4. The molecule has 1 unspecified atom stereocenters. The Kier molecular flexibility index (Phi) is 7.26. The smallest absolute Gasteiger partial charge is 0.306 e. The van der Waals surface area contributed by atoms with Gasteiger partial charge in [0.1, 0.15) is 6.29 Å². The summed E-state index contributed by atoms with van der Waals surface area (Å²) in [5, 5.41) is 8.58. The topological polar surface area (TPSA) is 54.4 Å². The molecule has 0 fully saturated rings. The summed E-state index contributed by atoms with van der Waals surface area (Å²) in [7, 11) is 0. The number of rotatable bonds is 8. The summed E-state index contributed by atoms with van der Waals surface area (Å²) < 4.78 is 0. The zero-order chi connectivity index (χ0) is 10.1. The summed E-state index contributed by atoms with van der Waals surface area (Å²) in [6.45, 7) is 1.73. The van der Waals surface area contributed by atoms with Crippen LogP contribution in [0.2, 0.25) is 0 Å². The Morgan fingerprint density at radius 1 is 1.31 bits per heavy atom. The monoisotopic (exact) mass is 186 g/mol. The van der Waals surface area contributed by atoms with Crippen LogP contribution in [0.3, 0.4) is 0 Å². The van der Waals surface area contributed by atoms with Gasteiger partial charge in [-0.1, -0.05) is 26.2 Å². The van der Waals surface area contributed by atoms with Crippen molar-refractivity contribution in [1.82, 2.24) is 0 Å². The lowest BCUT2D eigenvalue weighted by Gasteiger charge is -2.04. The maximum Gasteiger partial charge on any atom is 0.306 e. The summed E-state index contributed by atoms with van der Waals surface area (Å²) in [6.07, 6.45) is 6.26. The van der Waals surface area contributed by atoms with E-state index < -0.39 is 5.97 Å². The van der Waals surface area contributed by atoms with Crippen LogP contribution in [0.15, 0.2) is 0 Å². The number of carboxylic acids is 1. The van der Waals surface area contributed by atoms with Crippen molar-refractivity contribution in [3.63, 3.8) is 0 Å². The first kappa shape index (κ1) is 12.1. The number of hydrogen-bond acceptors (Lipinski definition) is 2. The van der Waals surface area contributed by atoms with Crippen LogP contribution < -0.4 is 0 Å². The van der Waals surface area contributed by atoms with E-state index in [1.807, 2.05) is 0 Å². The van der Waals surface area contributed by atoms with Gasteiger partial charge < -0.3 is 9.90 Å². The molecule has 0 aromatic heterocycles. The van der Waals surface area contributed by atoms with Crippen LogP contribution in [0.1, 0.15) is 45.4 Å². The average Bonchev–Trinajstić information content (AvgIpc) is 2.10. The molecular weight excluding hydrogens is 168 g/mol. The maximum atomic E-state index is 10.4. The highest BCUT2D eigenvalue weighted by molar-refractivity contribution is 5.69. The number of carboxylic acid groups (broad SMARTS) is 1. The van der Waals surface area contributed by atoms with Crippen LogP contribution >= 0.6 is 0 Å². The summed E-state index contributed by atoms with van der Waals surface area (Å²) in [5.41, 5.74) is 0. The molecule has 0 aliphatic carbocycles. The zero-order valence-electron chi connectivity index (χ0n) is 8.16. The number of carbonyl (C=O) groups excluding carboxylic acids is 1. The van der Waals surface area contributed by atoms with Gasteiger partial charge in [0, 0.05) is 6.42 Å². The lowest BCUT2D eigenvalue weighted by atomic mass is 10.0. The van der Waals surface area contributed by atoms with Gasteiger partial charge >= 0.3 is 5.97 Å². The SMILES string of the molecule is CC(CCCCCCC=O)C(=O)O. The molecule has 0 heterocycles. The van der Waals surface area contributed by atoms with Crippen LogP contribution in [0.25, 0.3) is 0 Å². The molecule has 0 aromatic carbocycles. The number of carbonyl (C=O) groups is 2. The van der Waals surface area contributed by atoms with Gasteiger partial charge in [-0.05, 0) is 12.8 Å². The van der Waals surface area contributed by atoms with Crippen molar-refractivity contribution in [2.45, 2.75) is 45.4 Å². The van der Waals surface area contributed by atoms with Crippen molar-refractivity contribution < 1.29 is 14.7 Å². The molecule has 0 aromatic rings. The van der Waals surface area contributed by atoms with Crippen LogP contribution in [-0.2, 0) is 9.59 Å². The number of aldehydes is 1. The van der Waals surface area contributed by atoms with Gasteiger partial charge in [0.25, 0.3) is 0 Å². The van der Waals surface area contributed by atoms with E-state index in [1.165, 1.54) is 0 Å². The summed E-state index contributed by atoms with van der Waals surface area (Å²) in [4.78, 5) is 20.4. The predicted octanol–water partition coefficient (Wildman–Crippen LogP) is 2.25. The molecule has 0 amide bonds. The molecule has 13 heavy (non-hydrogen) atoms. The Hall–Kier alpha value is -0.860. The van der Waals surface area contributed by atoms with Gasteiger partial charge in [-0.25, -0.2) is 0 Å². The molecule has 0 spiro atoms. The Morgan fingerprint density at radius 3 is 2.46 bits per heavy atom. The van der Waals surface area contributed by atoms with Crippen molar-refractivity contribution >= 4 is 12.3 Å². The van der Waals surface area contributed by atoms with E-state index in [2.05, 4.69) is 0 Å². The van der Waals surface area contributed by atoms with Crippen molar-refractivity contribution in [1.29, 1.82) is 0 Å². The third-order valence-electron chi connectivity index (χ3n) is 2.13. The fourth-order valence-electron chi connectivity index (χ4n) is 1.16. The Morgan fingerprint density at radius 2 is 1.92 bits per heavy atom. The van der Waals surface area contributed by atoms with Crippen molar-refractivity contribution in [3.05, 3.63) is 0 Å². The minimum absolute atomic E-state index is 0.230. The minimum atomic E-state index is -0.715. The first-order valence-electron chi connectivity index (χ1n) is 4.85. The van der Waals surface area contributed by atoms with E-state index in [-0.39, 0.29) is 5.92 Å². The van der Waals surface area contributed by atoms with Crippen LogP contribution in [0.4, 0.5) is 0 Å². The van der Waals surface area contributed by atoms with Gasteiger partial charge in [-0.3, -0.25) is 4.79 Å². The van der Waals surface area contributed by atoms with Crippen LogP contribution in [-0.4, -0.2) is 17.4 Å². The molecule has 3 nitrogen and oxygen atoms in total. The predicted molar refractivity (Wildman–Crippen MR) is 50.6 cm³/mol. The Labute approximate surface area is 79.1 Å². The van der Waals surface area contributed by atoms with Gasteiger partial charge in [0.2, 0.25) is 0 Å². The molecule has 1 atom stereocenters.